The highest BCUT2D eigenvalue weighted by atomic mass is 32.2. The molecule has 0 aromatic carbocycles. The number of nitrogens with zero attached hydrogens (tertiary/aromatic N) is 2. The van der Waals surface area contributed by atoms with Gasteiger partial charge in [0, 0.05) is 35.7 Å². The molecule has 1 saturated heterocycles. The first-order valence-corrected chi connectivity index (χ1v) is 9.33. The Morgan fingerprint density at radius 3 is 3.00 bits per heavy atom. The number of hydrogen-bond donors (Lipinski definition) is 2. The highest BCUT2D eigenvalue weighted by Gasteiger charge is 2.36. The lowest BCUT2D eigenvalue weighted by molar-refractivity contribution is 0.338. The molecule has 0 amide bonds. The Labute approximate surface area is 124 Å². The quantitative estimate of drug-likeness (QED) is 0.848. The summed E-state index contributed by atoms with van der Waals surface area (Å²) in [6, 6.07) is -0.00552. The molecule has 1 fully saturated rings. The maximum Gasteiger partial charge on any atom is 0.260 e. The van der Waals surface area contributed by atoms with Gasteiger partial charge in [0.15, 0.2) is 5.03 Å². The van der Waals surface area contributed by atoms with Gasteiger partial charge in [-0.1, -0.05) is 13.8 Å². The van der Waals surface area contributed by atoms with Gasteiger partial charge in [-0.05, 0) is 13.5 Å². The van der Waals surface area contributed by atoms with Gasteiger partial charge in [0.05, 0.1) is 6.20 Å². The first-order valence-electron chi connectivity index (χ1n) is 6.85. The van der Waals surface area contributed by atoms with Crippen LogP contribution >= 0.6 is 11.8 Å². The molecule has 0 bridgehead atoms. The number of sulfonamides is 1. The summed E-state index contributed by atoms with van der Waals surface area (Å²) in [6.07, 6.45) is 1.59. The maximum absolute atomic E-state index is 12.8. The Balaban J connectivity index is 2.28. The van der Waals surface area contributed by atoms with Crippen LogP contribution in [0.5, 0.6) is 0 Å². The smallest absolute Gasteiger partial charge is 0.260 e. The van der Waals surface area contributed by atoms with Gasteiger partial charge < -0.3 is 5.32 Å². The number of thioether (sulfide) groups is 1. The highest BCUT2D eigenvalue weighted by Crippen LogP contribution is 2.29. The predicted molar refractivity (Wildman–Crippen MR) is 81.2 cm³/mol. The average Bonchev–Trinajstić information content (AvgIpc) is 2.88. The van der Waals surface area contributed by atoms with Crippen molar-refractivity contribution < 1.29 is 8.42 Å². The van der Waals surface area contributed by atoms with Crippen LogP contribution in [0, 0.1) is 0 Å². The van der Waals surface area contributed by atoms with Crippen molar-refractivity contribution in [3.63, 3.8) is 0 Å². The van der Waals surface area contributed by atoms with Gasteiger partial charge >= 0.3 is 0 Å². The van der Waals surface area contributed by atoms with Crippen LogP contribution in [0.2, 0.25) is 0 Å². The van der Waals surface area contributed by atoms with Gasteiger partial charge in [0.2, 0.25) is 0 Å². The van der Waals surface area contributed by atoms with Crippen LogP contribution in [0.15, 0.2) is 11.2 Å². The Kier molecular flexibility index (Phi) is 5.11. The molecule has 6 nitrogen and oxygen atoms in total. The second-order valence-corrected chi connectivity index (χ2v) is 8.25. The first kappa shape index (κ1) is 15.8. The van der Waals surface area contributed by atoms with Crippen LogP contribution in [0.4, 0.5) is 0 Å². The van der Waals surface area contributed by atoms with Crippen molar-refractivity contribution in [2.24, 2.45) is 0 Å². The van der Waals surface area contributed by atoms with E-state index in [1.807, 2.05) is 25.6 Å². The number of aromatic nitrogens is 2. The molecule has 0 aliphatic carbocycles. The van der Waals surface area contributed by atoms with E-state index in [1.165, 1.54) is 0 Å². The molecular weight excluding hydrogens is 296 g/mol. The third-order valence-electron chi connectivity index (χ3n) is 3.64. The molecule has 20 heavy (non-hydrogen) atoms. The van der Waals surface area contributed by atoms with E-state index < -0.39 is 10.0 Å². The molecule has 1 aromatic heterocycles. The zero-order valence-corrected chi connectivity index (χ0v) is 13.7. The summed E-state index contributed by atoms with van der Waals surface area (Å²) in [5.41, 5.74) is 0.699. The number of hydrogen-bond acceptors (Lipinski definition) is 5. The van der Waals surface area contributed by atoms with Crippen molar-refractivity contribution in [2.45, 2.75) is 43.6 Å². The van der Waals surface area contributed by atoms with Gasteiger partial charge in [-0.15, -0.1) is 0 Å². The monoisotopic (exact) mass is 318 g/mol. The molecule has 1 aliphatic heterocycles. The van der Waals surface area contributed by atoms with Gasteiger partial charge in [0.25, 0.3) is 10.0 Å². The lowest BCUT2D eigenvalue weighted by Crippen LogP contribution is -2.48. The number of aromatic amines is 1. The van der Waals surface area contributed by atoms with Gasteiger partial charge in [-0.25, -0.2) is 8.42 Å². The maximum atomic E-state index is 12.8. The largest absolute Gasteiger partial charge is 0.313 e. The number of rotatable bonds is 5. The highest BCUT2D eigenvalue weighted by molar-refractivity contribution is 8.00. The molecule has 0 radical (unpaired) electrons. The van der Waals surface area contributed by atoms with E-state index in [9.17, 15) is 8.42 Å². The fourth-order valence-electron chi connectivity index (χ4n) is 2.27. The molecule has 114 valence electrons. The minimum Gasteiger partial charge on any atom is -0.313 e. The second kappa shape index (κ2) is 6.46. The van der Waals surface area contributed by atoms with E-state index in [1.54, 1.807) is 10.5 Å². The summed E-state index contributed by atoms with van der Waals surface area (Å²) in [5.74, 6) is 0.835. The SMILES string of the molecule is CCNCc1cn[nH]c1S(=O)(=O)N1CCSC(C)C1C. The Morgan fingerprint density at radius 2 is 2.30 bits per heavy atom. The van der Waals surface area contributed by atoms with E-state index in [-0.39, 0.29) is 11.1 Å². The molecule has 8 heteroatoms. The summed E-state index contributed by atoms with van der Waals surface area (Å²) < 4.78 is 27.2. The lowest BCUT2D eigenvalue weighted by atomic mass is 10.2. The minimum atomic E-state index is -3.50. The van der Waals surface area contributed by atoms with Crippen molar-refractivity contribution in [3.05, 3.63) is 11.8 Å². The topological polar surface area (TPSA) is 78.1 Å². The fraction of sp³-hybridized carbons (Fsp3) is 0.750. The molecule has 0 spiro atoms. The van der Waals surface area contributed by atoms with E-state index >= 15 is 0 Å². The van der Waals surface area contributed by atoms with Crippen molar-refractivity contribution in [1.29, 1.82) is 0 Å². The van der Waals surface area contributed by atoms with Crippen LogP contribution in [0.1, 0.15) is 26.3 Å². The van der Waals surface area contributed by atoms with Crippen molar-refractivity contribution >= 4 is 21.8 Å². The van der Waals surface area contributed by atoms with Crippen LogP contribution in [0.25, 0.3) is 0 Å². The normalized spacial score (nSPS) is 24.9. The van der Waals surface area contributed by atoms with Crippen molar-refractivity contribution in [1.82, 2.24) is 19.8 Å². The minimum absolute atomic E-state index is 0.00552. The average molecular weight is 318 g/mol. The van der Waals surface area contributed by atoms with Crippen LogP contribution in [-0.4, -0.2) is 53.1 Å². The molecule has 2 N–H and O–H groups in total. The molecule has 1 aliphatic rings. The molecule has 2 atom stereocenters. The molecule has 2 unspecified atom stereocenters. The zero-order chi connectivity index (χ0) is 14.8. The lowest BCUT2D eigenvalue weighted by Gasteiger charge is -2.36. The predicted octanol–water partition coefficient (Wildman–Crippen LogP) is 1.03. The van der Waals surface area contributed by atoms with Crippen LogP contribution < -0.4 is 5.32 Å². The molecule has 1 aromatic rings. The Hall–Kier alpha value is -0.570. The van der Waals surface area contributed by atoms with E-state index in [2.05, 4.69) is 22.4 Å². The van der Waals surface area contributed by atoms with Crippen molar-refractivity contribution in [3.8, 4) is 0 Å². The zero-order valence-electron chi connectivity index (χ0n) is 12.1. The van der Waals surface area contributed by atoms with E-state index in [0.717, 1.165) is 12.3 Å². The van der Waals surface area contributed by atoms with Gasteiger partial charge in [0.1, 0.15) is 0 Å². The Bertz CT molecular complexity index is 543. The summed E-state index contributed by atoms with van der Waals surface area (Å²) in [4.78, 5) is 0. The third-order valence-corrected chi connectivity index (χ3v) is 6.98. The first-order chi connectivity index (χ1) is 9.48. The second-order valence-electron chi connectivity index (χ2n) is 4.94. The number of nitrogens with one attached hydrogen (secondary N) is 2. The standard InChI is InChI=1S/C12H22N4O2S2/c1-4-13-7-11-8-14-15-12(11)20(17,18)16-5-6-19-10(3)9(16)2/h8-10,13H,4-7H2,1-3H3,(H,14,15). The summed E-state index contributed by atoms with van der Waals surface area (Å²) in [6.45, 7) is 7.88. The van der Waals surface area contributed by atoms with Crippen LogP contribution in [-0.2, 0) is 16.6 Å². The molecular formula is C12H22N4O2S2. The molecule has 0 saturated carbocycles. The third kappa shape index (κ3) is 3.03. The summed E-state index contributed by atoms with van der Waals surface area (Å²) >= 11 is 1.82. The summed E-state index contributed by atoms with van der Waals surface area (Å²) in [5, 5.41) is 10.2. The number of H-pyrrole nitrogens is 1. The van der Waals surface area contributed by atoms with Crippen LogP contribution in [0.3, 0.4) is 0 Å². The molecule has 2 heterocycles. The Morgan fingerprint density at radius 1 is 1.55 bits per heavy atom. The van der Waals surface area contributed by atoms with E-state index in [4.69, 9.17) is 0 Å². The summed E-state index contributed by atoms with van der Waals surface area (Å²) in [7, 11) is -3.50. The fourth-order valence-corrected chi connectivity index (χ4v) is 5.37. The van der Waals surface area contributed by atoms with Gasteiger partial charge in [-0.2, -0.15) is 21.2 Å². The van der Waals surface area contributed by atoms with Gasteiger partial charge in [-0.3, -0.25) is 5.10 Å². The molecule has 2 rings (SSSR count). The van der Waals surface area contributed by atoms with E-state index in [0.29, 0.717) is 23.9 Å². The van der Waals surface area contributed by atoms with Crippen molar-refractivity contribution in [2.75, 3.05) is 18.8 Å².